The molecule has 0 bridgehead atoms. The molecule has 0 saturated carbocycles. The van der Waals surface area contributed by atoms with Gasteiger partial charge in [-0.05, 0) is 115 Å². The summed E-state index contributed by atoms with van der Waals surface area (Å²) < 4.78 is 94.4. The third-order valence-electron chi connectivity index (χ3n) is 12.4. The largest absolute Gasteiger partial charge is 0.417 e. The molecule has 0 atom stereocenters. The highest BCUT2D eigenvalue weighted by atomic mass is 19.4. The zero-order chi connectivity index (χ0) is 44.8. The zero-order valence-corrected chi connectivity index (χ0v) is 35.0. The molecule has 0 aliphatic heterocycles. The summed E-state index contributed by atoms with van der Waals surface area (Å²) in [7, 11) is 0. The van der Waals surface area contributed by atoms with Gasteiger partial charge in [0.2, 0.25) is 0 Å². The molecule has 0 saturated heterocycles. The zero-order valence-electron chi connectivity index (χ0n) is 35.0. The highest BCUT2D eigenvalue weighted by molar-refractivity contribution is 6.12. The number of nitriles is 1. The Labute approximate surface area is 364 Å². The summed E-state index contributed by atoms with van der Waals surface area (Å²) in [5.74, 6) is 0. The number of aryl methyl sites for hydroxylation is 4. The van der Waals surface area contributed by atoms with Gasteiger partial charge < -0.3 is 9.13 Å². The summed E-state index contributed by atoms with van der Waals surface area (Å²) in [6.07, 6.45) is -10.3. The number of alkyl halides is 6. The lowest BCUT2D eigenvalue weighted by atomic mass is 9.91. The van der Waals surface area contributed by atoms with Gasteiger partial charge in [-0.2, -0.15) is 31.6 Å². The Kier molecular flexibility index (Phi) is 9.35. The van der Waals surface area contributed by atoms with E-state index in [2.05, 4.69) is 18.2 Å². The van der Waals surface area contributed by atoms with E-state index in [1.807, 2.05) is 146 Å². The van der Waals surface area contributed by atoms with Gasteiger partial charge in [0.1, 0.15) is 11.6 Å². The van der Waals surface area contributed by atoms with E-state index in [1.54, 1.807) is 0 Å². The normalized spacial score (nSPS) is 12.2. The fraction of sp³-hybridized carbons (Fsp3) is 0.109. The number of fused-ring (bicyclic) bond motifs is 6. The maximum absolute atomic E-state index is 15.1. The fourth-order valence-corrected chi connectivity index (χ4v) is 9.63. The molecule has 3 nitrogen and oxygen atoms in total. The van der Waals surface area contributed by atoms with E-state index in [1.165, 1.54) is 12.1 Å². The van der Waals surface area contributed by atoms with E-state index in [-0.39, 0.29) is 22.5 Å². The maximum atomic E-state index is 15.1. The van der Waals surface area contributed by atoms with Crippen LogP contribution in [0.4, 0.5) is 26.3 Å². The van der Waals surface area contributed by atoms with Gasteiger partial charge in [0.15, 0.2) is 0 Å². The number of benzene rings is 8. The standard InChI is InChI=1S/C55H37F6N3/c1-31-16-20-38(33(3)24-31)35-18-22-42-40-10-5-7-14-47(40)63(49(42)26-35)51-28-37(53-45(54(56,57)58)12-9-13-46(53)55(59,60)61)29-52(44(51)30-62)64-48-15-8-6-11-41(48)43-23-19-36(27-50(43)64)39-21-17-32(2)25-34(39)4/h5-29H,1-4H3. The minimum atomic E-state index is -5.16. The van der Waals surface area contributed by atoms with Crippen LogP contribution in [0.25, 0.3) is 88.4 Å². The topological polar surface area (TPSA) is 33.6 Å². The Morgan fingerprint density at radius 3 is 1.25 bits per heavy atom. The van der Waals surface area contributed by atoms with Crippen molar-refractivity contribution in [3.05, 3.63) is 191 Å². The van der Waals surface area contributed by atoms with E-state index in [4.69, 9.17) is 0 Å². The van der Waals surface area contributed by atoms with Crippen LogP contribution in [0.5, 0.6) is 0 Å². The first kappa shape index (κ1) is 40.5. The molecule has 0 aliphatic carbocycles. The average Bonchev–Trinajstić information content (AvgIpc) is 3.77. The van der Waals surface area contributed by atoms with E-state index in [0.717, 1.165) is 72.1 Å². The smallest absolute Gasteiger partial charge is 0.308 e. The molecule has 9 heteroatoms. The first-order chi connectivity index (χ1) is 30.6. The number of aromatic nitrogens is 2. The second-order valence-electron chi connectivity index (χ2n) is 16.5. The second-order valence-corrected chi connectivity index (χ2v) is 16.5. The predicted molar refractivity (Wildman–Crippen MR) is 245 cm³/mol. The Morgan fingerprint density at radius 1 is 0.422 bits per heavy atom. The molecule has 2 aromatic heterocycles. The lowest BCUT2D eigenvalue weighted by molar-refractivity contribution is -0.142. The molecule has 0 spiro atoms. The van der Waals surface area contributed by atoms with Crippen molar-refractivity contribution in [2.45, 2.75) is 40.0 Å². The summed E-state index contributed by atoms with van der Waals surface area (Å²) in [5.41, 5.74) is 6.38. The SMILES string of the molecule is Cc1ccc(-c2ccc3c4ccccc4n(-c4cc(-c5c(C(F)(F)F)cccc5C(F)(F)F)cc(-n5c6ccccc6c6ccc(-c7ccc(C)cc7C)cc65)c4C#N)c3c2)c(C)c1. The molecular formula is C55H37F6N3. The molecule has 8 aromatic carbocycles. The van der Waals surface area contributed by atoms with Crippen molar-refractivity contribution >= 4 is 43.6 Å². The van der Waals surface area contributed by atoms with Gasteiger partial charge in [0, 0.05) is 27.1 Å². The van der Waals surface area contributed by atoms with Crippen LogP contribution < -0.4 is 0 Å². The minimum Gasteiger partial charge on any atom is -0.308 e. The lowest BCUT2D eigenvalue weighted by Gasteiger charge is -2.22. The summed E-state index contributed by atoms with van der Waals surface area (Å²) in [5, 5.41) is 14.6. The third kappa shape index (κ3) is 6.52. The van der Waals surface area contributed by atoms with Crippen LogP contribution in [0.1, 0.15) is 38.9 Å². The molecule has 0 fully saturated rings. The first-order valence-electron chi connectivity index (χ1n) is 20.7. The number of hydrogen-bond acceptors (Lipinski definition) is 1. The summed E-state index contributed by atoms with van der Waals surface area (Å²) >= 11 is 0. The number of nitrogens with zero attached hydrogens (tertiary/aromatic N) is 3. The predicted octanol–water partition coefficient (Wildman–Crippen LogP) is 16.0. The summed E-state index contributed by atoms with van der Waals surface area (Å²) in [6, 6.07) is 46.2. The van der Waals surface area contributed by atoms with Gasteiger partial charge in [-0.1, -0.05) is 114 Å². The second kappa shape index (κ2) is 14.8. The molecule has 10 rings (SSSR count). The third-order valence-corrected chi connectivity index (χ3v) is 12.4. The average molecular weight is 854 g/mol. The number of rotatable bonds is 5. The fourth-order valence-electron chi connectivity index (χ4n) is 9.63. The van der Waals surface area contributed by atoms with Crippen LogP contribution in [0, 0.1) is 39.0 Å². The van der Waals surface area contributed by atoms with E-state index < -0.39 is 29.0 Å². The summed E-state index contributed by atoms with van der Waals surface area (Å²) in [6.45, 7) is 8.04. The number of halogens is 6. The molecular weight excluding hydrogens is 817 g/mol. The quantitative estimate of drug-likeness (QED) is 0.159. The molecule has 0 aliphatic rings. The van der Waals surface area contributed by atoms with Crippen LogP contribution in [-0.4, -0.2) is 9.13 Å². The van der Waals surface area contributed by atoms with Crippen molar-refractivity contribution in [2.75, 3.05) is 0 Å². The number of hydrogen-bond donors (Lipinski definition) is 0. The van der Waals surface area contributed by atoms with Gasteiger partial charge in [0.25, 0.3) is 0 Å². The van der Waals surface area contributed by atoms with Crippen LogP contribution >= 0.6 is 0 Å². The molecule has 64 heavy (non-hydrogen) atoms. The van der Waals surface area contributed by atoms with Crippen molar-refractivity contribution in [1.29, 1.82) is 5.26 Å². The Hall–Kier alpha value is -7.57. The first-order valence-corrected chi connectivity index (χ1v) is 20.7. The van der Waals surface area contributed by atoms with Crippen molar-refractivity contribution in [1.82, 2.24) is 9.13 Å². The molecule has 2 heterocycles. The maximum Gasteiger partial charge on any atom is 0.417 e. The van der Waals surface area contributed by atoms with E-state index in [0.29, 0.717) is 34.2 Å². The Bertz CT molecular complexity index is 3370. The molecule has 0 N–H and O–H groups in total. The number of para-hydroxylation sites is 2. The van der Waals surface area contributed by atoms with Crippen molar-refractivity contribution in [3.8, 4) is 50.8 Å². The van der Waals surface area contributed by atoms with E-state index >= 15 is 26.3 Å². The monoisotopic (exact) mass is 853 g/mol. The van der Waals surface area contributed by atoms with Crippen LogP contribution in [0.3, 0.4) is 0 Å². The highest BCUT2D eigenvalue weighted by Gasteiger charge is 2.41. The molecule has 0 amide bonds. The summed E-state index contributed by atoms with van der Waals surface area (Å²) in [4.78, 5) is 0. The van der Waals surface area contributed by atoms with Crippen LogP contribution in [0.15, 0.2) is 152 Å². The van der Waals surface area contributed by atoms with E-state index in [9.17, 15) is 5.26 Å². The van der Waals surface area contributed by atoms with Crippen molar-refractivity contribution < 1.29 is 26.3 Å². The Balaban J connectivity index is 1.39. The van der Waals surface area contributed by atoms with Gasteiger partial charge in [-0.3, -0.25) is 0 Å². The lowest BCUT2D eigenvalue weighted by Crippen LogP contribution is -2.15. The van der Waals surface area contributed by atoms with Crippen molar-refractivity contribution in [2.24, 2.45) is 0 Å². The van der Waals surface area contributed by atoms with Crippen LogP contribution in [0.2, 0.25) is 0 Å². The van der Waals surface area contributed by atoms with Crippen LogP contribution in [-0.2, 0) is 12.4 Å². The van der Waals surface area contributed by atoms with Gasteiger partial charge >= 0.3 is 12.4 Å². The minimum absolute atomic E-state index is 0.0564. The van der Waals surface area contributed by atoms with Crippen molar-refractivity contribution in [3.63, 3.8) is 0 Å². The molecule has 314 valence electrons. The van der Waals surface area contributed by atoms with Gasteiger partial charge in [-0.15, -0.1) is 0 Å². The van der Waals surface area contributed by atoms with Gasteiger partial charge in [-0.25, -0.2) is 0 Å². The Morgan fingerprint density at radius 2 is 0.844 bits per heavy atom. The van der Waals surface area contributed by atoms with Gasteiger partial charge in [0.05, 0.1) is 44.6 Å². The molecule has 0 radical (unpaired) electrons. The molecule has 0 unspecified atom stereocenters. The molecule has 10 aromatic rings. The highest BCUT2D eigenvalue weighted by Crippen LogP contribution is 2.48.